The molecular formula is C12H24N2O2. The topological polar surface area (TPSA) is 75.4 Å². The minimum Gasteiger partial charge on any atom is -0.388 e. The second kappa shape index (κ2) is 6.21. The first-order valence-electron chi connectivity index (χ1n) is 6.33. The maximum absolute atomic E-state index is 11.6. The monoisotopic (exact) mass is 228 g/mol. The van der Waals surface area contributed by atoms with E-state index >= 15 is 0 Å². The molecule has 1 rings (SSSR count). The lowest BCUT2D eigenvalue weighted by molar-refractivity contribution is -0.123. The van der Waals surface area contributed by atoms with Gasteiger partial charge in [0.1, 0.15) is 0 Å². The molecule has 1 unspecified atom stereocenters. The molecule has 94 valence electrons. The maximum atomic E-state index is 11.6. The number of hydrogen-bond donors (Lipinski definition) is 3. The van der Waals surface area contributed by atoms with E-state index in [0.717, 1.165) is 44.9 Å². The van der Waals surface area contributed by atoms with Gasteiger partial charge in [0.2, 0.25) is 5.91 Å². The second-order valence-corrected chi connectivity index (χ2v) is 4.90. The Morgan fingerprint density at radius 1 is 1.50 bits per heavy atom. The van der Waals surface area contributed by atoms with Gasteiger partial charge >= 0.3 is 0 Å². The van der Waals surface area contributed by atoms with Gasteiger partial charge in [0.05, 0.1) is 11.6 Å². The number of amides is 1. The molecule has 1 saturated carbocycles. The second-order valence-electron chi connectivity index (χ2n) is 4.90. The van der Waals surface area contributed by atoms with Crippen LogP contribution in [0.4, 0.5) is 0 Å². The smallest absolute Gasteiger partial charge is 0.237 e. The summed E-state index contributed by atoms with van der Waals surface area (Å²) < 4.78 is 0. The molecule has 16 heavy (non-hydrogen) atoms. The van der Waals surface area contributed by atoms with E-state index in [4.69, 9.17) is 5.73 Å². The third kappa shape index (κ3) is 4.10. The van der Waals surface area contributed by atoms with Crippen molar-refractivity contribution in [3.63, 3.8) is 0 Å². The Morgan fingerprint density at radius 2 is 2.12 bits per heavy atom. The number of unbranched alkanes of at least 4 members (excludes halogenated alkanes) is 1. The Bertz CT molecular complexity index is 225. The number of hydrogen-bond acceptors (Lipinski definition) is 3. The molecule has 1 atom stereocenters. The molecule has 4 N–H and O–H groups in total. The van der Waals surface area contributed by atoms with E-state index in [0.29, 0.717) is 6.54 Å². The van der Waals surface area contributed by atoms with Crippen molar-refractivity contribution < 1.29 is 9.90 Å². The fourth-order valence-electron chi connectivity index (χ4n) is 2.15. The summed E-state index contributed by atoms with van der Waals surface area (Å²) in [5.74, 6) is -0.131. The van der Waals surface area contributed by atoms with Crippen molar-refractivity contribution in [1.29, 1.82) is 0 Å². The molecule has 0 heterocycles. The Kier molecular flexibility index (Phi) is 5.22. The normalized spacial score (nSPS) is 20.7. The van der Waals surface area contributed by atoms with Gasteiger partial charge in [0.25, 0.3) is 0 Å². The minimum absolute atomic E-state index is 0.131. The van der Waals surface area contributed by atoms with Gasteiger partial charge in [-0.25, -0.2) is 0 Å². The standard InChI is InChI=1S/C12H24N2O2/c1-2-3-6-10(13)11(15)14-9-12(16)7-4-5-8-12/h10,16H,2-9,13H2,1H3,(H,14,15). The molecule has 0 saturated heterocycles. The van der Waals surface area contributed by atoms with Crippen LogP contribution in [0, 0.1) is 0 Å². The third-order valence-electron chi connectivity index (χ3n) is 3.33. The Labute approximate surface area is 97.6 Å². The van der Waals surface area contributed by atoms with E-state index in [1.54, 1.807) is 0 Å². The zero-order chi connectivity index (χ0) is 12.0. The molecule has 0 aromatic heterocycles. The van der Waals surface area contributed by atoms with Crippen LogP contribution in [0.5, 0.6) is 0 Å². The highest BCUT2D eigenvalue weighted by Crippen LogP contribution is 2.28. The lowest BCUT2D eigenvalue weighted by atomic mass is 10.0. The molecular weight excluding hydrogens is 204 g/mol. The van der Waals surface area contributed by atoms with Crippen LogP contribution in [-0.4, -0.2) is 29.2 Å². The highest BCUT2D eigenvalue weighted by Gasteiger charge is 2.31. The molecule has 0 radical (unpaired) electrons. The lowest BCUT2D eigenvalue weighted by Gasteiger charge is -2.23. The largest absolute Gasteiger partial charge is 0.388 e. The van der Waals surface area contributed by atoms with E-state index in [9.17, 15) is 9.90 Å². The number of nitrogens with two attached hydrogens (primary N) is 1. The Balaban J connectivity index is 2.23. The van der Waals surface area contributed by atoms with E-state index in [1.165, 1.54) is 0 Å². The van der Waals surface area contributed by atoms with Crippen molar-refractivity contribution in [2.45, 2.75) is 63.5 Å². The summed E-state index contributed by atoms with van der Waals surface area (Å²) in [6.07, 6.45) is 6.42. The van der Waals surface area contributed by atoms with E-state index < -0.39 is 11.6 Å². The molecule has 0 spiro atoms. The van der Waals surface area contributed by atoms with Crippen molar-refractivity contribution in [3.05, 3.63) is 0 Å². The highest BCUT2D eigenvalue weighted by atomic mass is 16.3. The SMILES string of the molecule is CCCCC(N)C(=O)NCC1(O)CCCC1. The Morgan fingerprint density at radius 3 is 2.69 bits per heavy atom. The zero-order valence-electron chi connectivity index (χ0n) is 10.2. The molecule has 0 aromatic carbocycles. The predicted molar refractivity (Wildman–Crippen MR) is 63.9 cm³/mol. The van der Waals surface area contributed by atoms with Crippen molar-refractivity contribution in [2.24, 2.45) is 5.73 Å². The zero-order valence-corrected chi connectivity index (χ0v) is 10.2. The highest BCUT2D eigenvalue weighted by molar-refractivity contribution is 5.81. The first-order valence-corrected chi connectivity index (χ1v) is 6.33. The van der Waals surface area contributed by atoms with Gasteiger partial charge < -0.3 is 16.2 Å². The first-order chi connectivity index (χ1) is 7.57. The Hall–Kier alpha value is -0.610. The van der Waals surface area contributed by atoms with Crippen LogP contribution >= 0.6 is 0 Å². The summed E-state index contributed by atoms with van der Waals surface area (Å²) in [5.41, 5.74) is 5.06. The molecule has 4 nitrogen and oxygen atoms in total. The number of carbonyl (C=O) groups is 1. The fraction of sp³-hybridized carbons (Fsp3) is 0.917. The van der Waals surface area contributed by atoms with Crippen molar-refractivity contribution in [1.82, 2.24) is 5.32 Å². The molecule has 1 aliphatic carbocycles. The van der Waals surface area contributed by atoms with Crippen LogP contribution < -0.4 is 11.1 Å². The molecule has 0 aromatic rings. The third-order valence-corrected chi connectivity index (χ3v) is 3.33. The average molecular weight is 228 g/mol. The lowest BCUT2D eigenvalue weighted by Crippen LogP contribution is -2.47. The number of rotatable bonds is 6. The molecule has 0 bridgehead atoms. The van der Waals surface area contributed by atoms with Crippen LogP contribution in [-0.2, 0) is 4.79 Å². The van der Waals surface area contributed by atoms with Crippen LogP contribution in [0.3, 0.4) is 0 Å². The summed E-state index contributed by atoms with van der Waals surface area (Å²) in [5, 5.41) is 12.8. The fourth-order valence-corrected chi connectivity index (χ4v) is 2.15. The number of nitrogens with one attached hydrogen (secondary N) is 1. The minimum atomic E-state index is -0.680. The van der Waals surface area contributed by atoms with Crippen LogP contribution in [0.1, 0.15) is 51.9 Å². The number of carbonyl (C=O) groups excluding carboxylic acids is 1. The van der Waals surface area contributed by atoms with E-state index in [2.05, 4.69) is 12.2 Å². The van der Waals surface area contributed by atoms with Gasteiger partial charge in [-0.3, -0.25) is 4.79 Å². The van der Waals surface area contributed by atoms with Crippen LogP contribution in [0.2, 0.25) is 0 Å². The van der Waals surface area contributed by atoms with Crippen LogP contribution in [0.25, 0.3) is 0 Å². The van der Waals surface area contributed by atoms with Crippen molar-refractivity contribution >= 4 is 5.91 Å². The van der Waals surface area contributed by atoms with Crippen molar-refractivity contribution in [2.75, 3.05) is 6.54 Å². The summed E-state index contributed by atoms with van der Waals surface area (Å²) >= 11 is 0. The maximum Gasteiger partial charge on any atom is 0.237 e. The average Bonchev–Trinajstić information content (AvgIpc) is 2.70. The molecule has 1 amide bonds. The van der Waals surface area contributed by atoms with Gasteiger partial charge in [0.15, 0.2) is 0 Å². The summed E-state index contributed by atoms with van der Waals surface area (Å²) in [6.45, 7) is 2.43. The summed E-state index contributed by atoms with van der Waals surface area (Å²) in [6, 6.07) is -0.426. The van der Waals surface area contributed by atoms with Gasteiger partial charge in [-0.05, 0) is 19.3 Å². The quantitative estimate of drug-likeness (QED) is 0.633. The van der Waals surface area contributed by atoms with Gasteiger partial charge in [-0.15, -0.1) is 0 Å². The molecule has 1 fully saturated rings. The summed E-state index contributed by atoms with van der Waals surface area (Å²) in [4.78, 5) is 11.6. The number of aliphatic hydroxyl groups is 1. The first kappa shape index (κ1) is 13.5. The van der Waals surface area contributed by atoms with Crippen LogP contribution in [0.15, 0.2) is 0 Å². The summed E-state index contributed by atoms with van der Waals surface area (Å²) in [7, 11) is 0. The van der Waals surface area contributed by atoms with E-state index in [-0.39, 0.29) is 5.91 Å². The van der Waals surface area contributed by atoms with Crippen molar-refractivity contribution in [3.8, 4) is 0 Å². The van der Waals surface area contributed by atoms with Gasteiger partial charge in [-0.1, -0.05) is 32.6 Å². The van der Waals surface area contributed by atoms with Gasteiger partial charge in [0, 0.05) is 6.54 Å². The molecule has 1 aliphatic rings. The van der Waals surface area contributed by atoms with E-state index in [1.807, 2.05) is 0 Å². The van der Waals surface area contributed by atoms with Gasteiger partial charge in [-0.2, -0.15) is 0 Å². The molecule has 4 heteroatoms. The molecule has 0 aliphatic heterocycles. The predicted octanol–water partition coefficient (Wildman–Crippen LogP) is 0.925.